The molecule has 160 valence electrons. The summed E-state index contributed by atoms with van der Waals surface area (Å²) in [6.45, 7) is 4.20. The molecule has 4 rings (SSSR count). The summed E-state index contributed by atoms with van der Waals surface area (Å²) < 4.78 is 0. The number of nitrogens with zero attached hydrogens (tertiary/aromatic N) is 4. The number of Topliss-reactive ketones (excluding diaryl/α,β-unsaturated/α-hetero) is 1. The van der Waals surface area contributed by atoms with Gasteiger partial charge in [0.1, 0.15) is 0 Å². The van der Waals surface area contributed by atoms with E-state index in [2.05, 4.69) is 4.90 Å². The van der Waals surface area contributed by atoms with Gasteiger partial charge in [-0.1, -0.05) is 0 Å². The van der Waals surface area contributed by atoms with Crippen LogP contribution in [0.4, 0.5) is 17.1 Å². The van der Waals surface area contributed by atoms with Gasteiger partial charge in [0.15, 0.2) is 5.78 Å². The molecule has 2 aromatic rings. The number of amides is 2. The maximum atomic E-state index is 13.0. The minimum atomic E-state index is -0.523. The van der Waals surface area contributed by atoms with Gasteiger partial charge in [-0.05, 0) is 43.3 Å². The van der Waals surface area contributed by atoms with E-state index in [1.807, 2.05) is 29.2 Å². The lowest BCUT2D eigenvalue weighted by atomic mass is 10.1. The van der Waals surface area contributed by atoms with Crippen molar-refractivity contribution in [3.8, 4) is 0 Å². The van der Waals surface area contributed by atoms with Crippen molar-refractivity contribution in [1.29, 1.82) is 0 Å². The summed E-state index contributed by atoms with van der Waals surface area (Å²) in [6, 6.07) is 12.4. The van der Waals surface area contributed by atoms with E-state index in [9.17, 15) is 24.5 Å². The number of non-ortho nitro benzene ring substituents is 1. The van der Waals surface area contributed by atoms with Crippen LogP contribution in [0.5, 0.6) is 0 Å². The Kier molecular flexibility index (Phi) is 5.51. The fraction of sp³-hybridized carbons (Fsp3) is 0.318. The zero-order chi connectivity index (χ0) is 22.1. The van der Waals surface area contributed by atoms with Gasteiger partial charge in [-0.25, -0.2) is 4.90 Å². The molecule has 9 nitrogen and oxygen atoms in total. The number of nitro groups is 1. The third-order valence-electron chi connectivity index (χ3n) is 5.84. The maximum Gasteiger partial charge on any atom is 0.269 e. The molecule has 9 heteroatoms. The Labute approximate surface area is 179 Å². The number of imide groups is 1. The smallest absolute Gasteiger partial charge is 0.269 e. The molecule has 2 aromatic carbocycles. The van der Waals surface area contributed by atoms with Crippen LogP contribution in [0, 0.1) is 10.1 Å². The van der Waals surface area contributed by atoms with Crippen molar-refractivity contribution in [2.75, 3.05) is 36.0 Å². The van der Waals surface area contributed by atoms with Crippen LogP contribution >= 0.6 is 0 Å². The molecule has 2 aliphatic rings. The van der Waals surface area contributed by atoms with Crippen LogP contribution in [0.15, 0.2) is 48.5 Å². The topological polar surface area (TPSA) is 104 Å². The van der Waals surface area contributed by atoms with E-state index >= 15 is 0 Å². The van der Waals surface area contributed by atoms with Crippen molar-refractivity contribution < 1.29 is 19.3 Å². The Morgan fingerprint density at radius 1 is 0.935 bits per heavy atom. The SMILES string of the molecule is CC(=O)c1ccc(N2CCN([C@@H]3CC(=O)N(c4ccc([N+](=O)[O-])cc4)C3=O)CC2)cc1. The number of anilines is 2. The summed E-state index contributed by atoms with van der Waals surface area (Å²) in [5.74, 6) is -0.567. The first kappa shape index (κ1) is 20.7. The highest BCUT2D eigenvalue weighted by Crippen LogP contribution is 2.28. The van der Waals surface area contributed by atoms with E-state index < -0.39 is 11.0 Å². The van der Waals surface area contributed by atoms with Crippen molar-refractivity contribution >= 4 is 34.7 Å². The fourth-order valence-corrected chi connectivity index (χ4v) is 4.09. The molecule has 0 spiro atoms. The largest absolute Gasteiger partial charge is 0.369 e. The highest BCUT2D eigenvalue weighted by Gasteiger charge is 2.43. The summed E-state index contributed by atoms with van der Waals surface area (Å²) in [4.78, 5) is 52.6. The first-order valence-electron chi connectivity index (χ1n) is 10.1. The number of nitro benzene ring substituents is 1. The predicted molar refractivity (Wildman–Crippen MR) is 114 cm³/mol. The molecule has 0 saturated carbocycles. The second kappa shape index (κ2) is 8.27. The number of rotatable bonds is 5. The molecule has 31 heavy (non-hydrogen) atoms. The minimum absolute atomic E-state index is 0.0263. The standard InChI is InChI=1S/C22H22N4O5/c1-15(27)16-2-4-17(5-3-16)23-10-12-24(13-11-23)20-14-21(28)25(22(20)29)18-6-8-19(9-7-18)26(30)31/h2-9,20H,10-14H2,1H3/t20-/m1/s1. The fourth-order valence-electron chi connectivity index (χ4n) is 4.09. The van der Waals surface area contributed by atoms with Crippen LogP contribution in [0.1, 0.15) is 23.7 Å². The van der Waals surface area contributed by atoms with E-state index in [1.165, 1.54) is 31.2 Å². The Morgan fingerprint density at radius 2 is 1.52 bits per heavy atom. The van der Waals surface area contributed by atoms with Crippen molar-refractivity contribution in [2.45, 2.75) is 19.4 Å². The zero-order valence-corrected chi connectivity index (χ0v) is 17.1. The third kappa shape index (κ3) is 4.04. The van der Waals surface area contributed by atoms with Gasteiger partial charge in [0.2, 0.25) is 5.91 Å². The normalized spacial score (nSPS) is 19.7. The number of piperazine rings is 1. The molecule has 2 saturated heterocycles. The van der Waals surface area contributed by atoms with Gasteiger partial charge in [0.25, 0.3) is 11.6 Å². The first-order chi connectivity index (χ1) is 14.8. The van der Waals surface area contributed by atoms with Crippen molar-refractivity contribution in [1.82, 2.24) is 4.90 Å². The molecule has 0 unspecified atom stereocenters. The Balaban J connectivity index is 1.41. The van der Waals surface area contributed by atoms with E-state index in [0.717, 1.165) is 10.6 Å². The van der Waals surface area contributed by atoms with Gasteiger partial charge < -0.3 is 4.90 Å². The molecule has 2 amide bonds. The second-order valence-electron chi connectivity index (χ2n) is 7.69. The van der Waals surface area contributed by atoms with Crippen molar-refractivity contribution in [3.05, 3.63) is 64.2 Å². The Morgan fingerprint density at radius 3 is 2.06 bits per heavy atom. The summed E-state index contributed by atoms with van der Waals surface area (Å²) in [7, 11) is 0. The quantitative estimate of drug-likeness (QED) is 0.315. The van der Waals surface area contributed by atoms with Crippen LogP contribution in [-0.4, -0.2) is 59.6 Å². The lowest BCUT2D eigenvalue weighted by molar-refractivity contribution is -0.384. The molecule has 0 N–H and O–H groups in total. The molecular formula is C22H22N4O5. The van der Waals surface area contributed by atoms with E-state index in [4.69, 9.17) is 0 Å². The van der Waals surface area contributed by atoms with Crippen molar-refractivity contribution in [2.24, 2.45) is 0 Å². The van der Waals surface area contributed by atoms with E-state index in [-0.39, 0.29) is 29.7 Å². The van der Waals surface area contributed by atoms with Gasteiger partial charge >= 0.3 is 0 Å². The Bertz CT molecular complexity index is 1030. The van der Waals surface area contributed by atoms with Crippen LogP contribution < -0.4 is 9.80 Å². The number of hydrogen-bond acceptors (Lipinski definition) is 7. The van der Waals surface area contributed by atoms with Gasteiger partial charge in [0.05, 0.1) is 23.1 Å². The average molecular weight is 422 g/mol. The predicted octanol–water partition coefficient (Wildman–Crippen LogP) is 2.25. The molecule has 0 aliphatic carbocycles. The third-order valence-corrected chi connectivity index (χ3v) is 5.84. The highest BCUT2D eigenvalue weighted by molar-refractivity contribution is 6.22. The van der Waals surface area contributed by atoms with Gasteiger partial charge in [-0.2, -0.15) is 0 Å². The molecule has 2 aliphatic heterocycles. The van der Waals surface area contributed by atoms with Gasteiger partial charge in [-0.15, -0.1) is 0 Å². The number of carbonyl (C=O) groups is 3. The molecule has 0 aromatic heterocycles. The highest BCUT2D eigenvalue weighted by atomic mass is 16.6. The van der Waals surface area contributed by atoms with Crippen molar-refractivity contribution in [3.63, 3.8) is 0 Å². The maximum absolute atomic E-state index is 13.0. The van der Waals surface area contributed by atoms with E-state index in [1.54, 1.807) is 0 Å². The Hall–Kier alpha value is -3.59. The van der Waals surface area contributed by atoms with E-state index in [0.29, 0.717) is 37.4 Å². The number of ketones is 1. The van der Waals surface area contributed by atoms with Crippen LogP contribution in [-0.2, 0) is 9.59 Å². The minimum Gasteiger partial charge on any atom is -0.369 e. The van der Waals surface area contributed by atoms with Crippen LogP contribution in [0.2, 0.25) is 0 Å². The molecule has 2 heterocycles. The second-order valence-corrected chi connectivity index (χ2v) is 7.69. The van der Waals surface area contributed by atoms with Gasteiger partial charge in [-0.3, -0.25) is 29.4 Å². The summed E-state index contributed by atoms with van der Waals surface area (Å²) in [5, 5.41) is 10.8. The molecule has 0 radical (unpaired) electrons. The van der Waals surface area contributed by atoms with Gasteiger partial charge in [0, 0.05) is 49.6 Å². The number of carbonyl (C=O) groups excluding carboxylic acids is 3. The zero-order valence-electron chi connectivity index (χ0n) is 17.1. The first-order valence-corrected chi connectivity index (χ1v) is 10.1. The van der Waals surface area contributed by atoms with Crippen LogP contribution in [0.25, 0.3) is 0 Å². The monoisotopic (exact) mass is 422 g/mol. The number of benzene rings is 2. The average Bonchev–Trinajstić information content (AvgIpc) is 3.08. The number of hydrogen-bond donors (Lipinski definition) is 0. The lowest BCUT2D eigenvalue weighted by Gasteiger charge is -2.38. The summed E-state index contributed by atoms with van der Waals surface area (Å²) >= 11 is 0. The lowest BCUT2D eigenvalue weighted by Crippen LogP contribution is -2.52. The summed E-state index contributed by atoms with van der Waals surface area (Å²) in [5.41, 5.74) is 1.95. The summed E-state index contributed by atoms with van der Waals surface area (Å²) in [6.07, 6.45) is 0.100. The molecule has 0 bridgehead atoms. The molecular weight excluding hydrogens is 400 g/mol. The van der Waals surface area contributed by atoms with Crippen LogP contribution in [0.3, 0.4) is 0 Å². The molecule has 2 fully saturated rings. The molecule has 1 atom stereocenters.